The molecule has 4 rings (SSSR count). The molecule has 0 spiro atoms. The van der Waals surface area contributed by atoms with Crippen molar-refractivity contribution in [3.63, 3.8) is 0 Å². The predicted octanol–water partition coefficient (Wildman–Crippen LogP) is 1.33. The Morgan fingerprint density at radius 2 is 1.96 bits per heavy atom. The number of fused-ring (bicyclic) bond motifs is 1. The van der Waals surface area contributed by atoms with Gasteiger partial charge in [0.15, 0.2) is 11.2 Å². The van der Waals surface area contributed by atoms with Crippen LogP contribution < -0.4 is 10.5 Å². The summed E-state index contributed by atoms with van der Waals surface area (Å²) in [5, 5.41) is 0. The molecule has 1 saturated heterocycles. The lowest BCUT2D eigenvalue weighted by Gasteiger charge is -2.25. The van der Waals surface area contributed by atoms with Crippen LogP contribution in [0.2, 0.25) is 0 Å². The largest absolute Gasteiger partial charge is 0.340 e. The molecule has 8 heteroatoms. The number of rotatable bonds is 3. The Morgan fingerprint density at radius 3 is 2.65 bits per heavy atom. The standard InChI is InChI=1S/C18H21FN6O/c1-23(2)14-9-25(8-13(14)11-4-6-12(19)7-5-11)18-21-16-15(17(26)22-18)20-10-24(16)3/h4-7,10,13-14H,8-9H2,1-3H3,(H,21,22,26)/t13-,14+/m1/s1. The monoisotopic (exact) mass is 356 g/mol. The minimum Gasteiger partial charge on any atom is -0.340 e. The molecular formula is C18H21FN6O. The van der Waals surface area contributed by atoms with E-state index in [1.54, 1.807) is 10.9 Å². The molecule has 3 heterocycles. The molecule has 2 aromatic heterocycles. The molecule has 136 valence electrons. The highest BCUT2D eigenvalue weighted by molar-refractivity contribution is 5.70. The van der Waals surface area contributed by atoms with Crippen LogP contribution in [0.1, 0.15) is 11.5 Å². The van der Waals surface area contributed by atoms with E-state index in [2.05, 4.69) is 24.8 Å². The van der Waals surface area contributed by atoms with Gasteiger partial charge in [-0.2, -0.15) is 4.98 Å². The number of nitrogens with one attached hydrogen (secondary N) is 1. The van der Waals surface area contributed by atoms with E-state index in [-0.39, 0.29) is 23.3 Å². The highest BCUT2D eigenvalue weighted by Crippen LogP contribution is 2.32. The van der Waals surface area contributed by atoms with E-state index in [1.807, 2.05) is 33.3 Å². The number of benzene rings is 1. The molecule has 1 aliphatic heterocycles. The number of H-pyrrole nitrogens is 1. The summed E-state index contributed by atoms with van der Waals surface area (Å²) in [5.74, 6) is 0.498. The second-order valence-electron chi connectivity index (χ2n) is 7.01. The molecule has 1 aliphatic rings. The maximum atomic E-state index is 13.3. The normalized spacial score (nSPS) is 20.4. The summed E-state index contributed by atoms with van der Waals surface area (Å²) in [6.07, 6.45) is 1.59. The van der Waals surface area contributed by atoms with Gasteiger partial charge in [0, 0.05) is 32.1 Å². The second-order valence-corrected chi connectivity index (χ2v) is 7.01. The van der Waals surface area contributed by atoms with Gasteiger partial charge in [0.25, 0.3) is 5.56 Å². The van der Waals surface area contributed by atoms with E-state index in [9.17, 15) is 9.18 Å². The lowest BCUT2D eigenvalue weighted by molar-refractivity contribution is 0.292. The van der Waals surface area contributed by atoms with Crippen molar-refractivity contribution in [2.45, 2.75) is 12.0 Å². The SMILES string of the molecule is CN(C)[C@H]1CN(c2nc3c(ncn3C)c(=O)[nH]2)C[C@@H]1c1ccc(F)cc1. The van der Waals surface area contributed by atoms with Crippen LogP contribution in [0.4, 0.5) is 10.3 Å². The number of imidazole rings is 1. The van der Waals surface area contributed by atoms with E-state index >= 15 is 0 Å². The molecule has 2 atom stereocenters. The van der Waals surface area contributed by atoms with Crippen LogP contribution >= 0.6 is 0 Å². The molecule has 0 saturated carbocycles. The molecule has 0 bridgehead atoms. The first-order valence-corrected chi connectivity index (χ1v) is 8.52. The number of aromatic amines is 1. The summed E-state index contributed by atoms with van der Waals surface area (Å²) in [6.45, 7) is 1.42. The van der Waals surface area contributed by atoms with Gasteiger partial charge in [-0.05, 0) is 31.8 Å². The minimum absolute atomic E-state index is 0.193. The van der Waals surface area contributed by atoms with Crippen molar-refractivity contribution in [2.24, 2.45) is 7.05 Å². The van der Waals surface area contributed by atoms with Gasteiger partial charge >= 0.3 is 0 Å². The molecule has 0 radical (unpaired) electrons. The van der Waals surface area contributed by atoms with E-state index < -0.39 is 0 Å². The van der Waals surface area contributed by atoms with Crippen LogP contribution in [0.15, 0.2) is 35.4 Å². The molecule has 1 aromatic carbocycles. The zero-order valence-electron chi connectivity index (χ0n) is 15.0. The van der Waals surface area contributed by atoms with Gasteiger partial charge in [-0.15, -0.1) is 0 Å². The van der Waals surface area contributed by atoms with Gasteiger partial charge in [-0.1, -0.05) is 12.1 Å². The van der Waals surface area contributed by atoms with Gasteiger partial charge in [0.2, 0.25) is 5.95 Å². The Morgan fingerprint density at radius 1 is 1.23 bits per heavy atom. The summed E-state index contributed by atoms with van der Waals surface area (Å²) in [4.78, 5) is 28.1. The number of hydrogen-bond donors (Lipinski definition) is 1. The molecule has 0 unspecified atom stereocenters. The smallest absolute Gasteiger partial charge is 0.280 e. The van der Waals surface area contributed by atoms with E-state index in [1.165, 1.54) is 12.1 Å². The third kappa shape index (κ3) is 2.76. The van der Waals surface area contributed by atoms with Crippen molar-refractivity contribution in [1.29, 1.82) is 0 Å². The average Bonchev–Trinajstić information content (AvgIpc) is 3.21. The van der Waals surface area contributed by atoms with Crippen LogP contribution in [0.25, 0.3) is 11.2 Å². The Bertz CT molecular complexity index is 993. The Hall–Kier alpha value is -2.74. The quantitative estimate of drug-likeness (QED) is 0.767. The molecule has 3 aromatic rings. The van der Waals surface area contributed by atoms with Gasteiger partial charge in [0.1, 0.15) is 5.82 Å². The van der Waals surface area contributed by atoms with Gasteiger partial charge in [0.05, 0.1) is 6.33 Å². The molecule has 1 N–H and O–H groups in total. The van der Waals surface area contributed by atoms with Crippen molar-refractivity contribution in [1.82, 2.24) is 24.4 Å². The number of anilines is 1. The Kier molecular flexibility index (Phi) is 3.99. The molecule has 0 amide bonds. The first-order chi connectivity index (χ1) is 12.4. The molecule has 1 fully saturated rings. The molecule has 0 aliphatic carbocycles. The molecule has 26 heavy (non-hydrogen) atoms. The zero-order valence-corrected chi connectivity index (χ0v) is 15.0. The zero-order chi connectivity index (χ0) is 18.4. The van der Waals surface area contributed by atoms with Crippen LogP contribution in [0.3, 0.4) is 0 Å². The van der Waals surface area contributed by atoms with Crippen molar-refractivity contribution in [3.8, 4) is 0 Å². The maximum absolute atomic E-state index is 13.3. The number of halogens is 1. The van der Waals surface area contributed by atoms with E-state index in [0.29, 0.717) is 23.7 Å². The first-order valence-electron chi connectivity index (χ1n) is 8.52. The fraction of sp³-hybridized carbons (Fsp3) is 0.389. The summed E-state index contributed by atoms with van der Waals surface area (Å²) in [7, 11) is 5.88. The summed E-state index contributed by atoms with van der Waals surface area (Å²) < 4.78 is 15.0. The molecular weight excluding hydrogens is 335 g/mol. The average molecular weight is 356 g/mol. The predicted molar refractivity (Wildman–Crippen MR) is 98.0 cm³/mol. The third-order valence-electron chi connectivity index (χ3n) is 5.11. The first kappa shape index (κ1) is 16.7. The van der Waals surface area contributed by atoms with Crippen molar-refractivity contribution in [3.05, 3.63) is 52.3 Å². The second kappa shape index (κ2) is 6.21. The fourth-order valence-electron chi connectivity index (χ4n) is 3.67. The van der Waals surface area contributed by atoms with Crippen molar-refractivity contribution < 1.29 is 4.39 Å². The number of aryl methyl sites for hydroxylation is 1. The van der Waals surface area contributed by atoms with E-state index in [0.717, 1.165) is 12.1 Å². The van der Waals surface area contributed by atoms with Crippen LogP contribution in [0.5, 0.6) is 0 Å². The number of nitrogens with zero attached hydrogens (tertiary/aromatic N) is 5. The highest BCUT2D eigenvalue weighted by Gasteiger charge is 2.36. The van der Waals surface area contributed by atoms with Gasteiger partial charge in [-0.3, -0.25) is 9.78 Å². The van der Waals surface area contributed by atoms with Crippen LogP contribution in [-0.4, -0.2) is 57.6 Å². The topological polar surface area (TPSA) is 70.1 Å². The third-order valence-corrected chi connectivity index (χ3v) is 5.11. The van der Waals surface area contributed by atoms with Crippen LogP contribution in [0, 0.1) is 5.82 Å². The number of likely N-dealkylation sites (N-methyl/N-ethyl adjacent to an activating group) is 1. The summed E-state index contributed by atoms with van der Waals surface area (Å²) in [5.41, 5.74) is 1.75. The minimum atomic E-state index is -0.239. The lowest BCUT2D eigenvalue weighted by Crippen LogP contribution is -2.35. The molecule has 7 nitrogen and oxygen atoms in total. The maximum Gasteiger partial charge on any atom is 0.280 e. The van der Waals surface area contributed by atoms with Crippen molar-refractivity contribution in [2.75, 3.05) is 32.1 Å². The highest BCUT2D eigenvalue weighted by atomic mass is 19.1. The van der Waals surface area contributed by atoms with Crippen molar-refractivity contribution >= 4 is 17.1 Å². The summed E-state index contributed by atoms with van der Waals surface area (Å²) >= 11 is 0. The Labute approximate surface area is 150 Å². The summed E-state index contributed by atoms with van der Waals surface area (Å²) in [6, 6.07) is 6.88. The van der Waals surface area contributed by atoms with Gasteiger partial charge in [-0.25, -0.2) is 9.37 Å². The van der Waals surface area contributed by atoms with Crippen LogP contribution in [-0.2, 0) is 7.05 Å². The lowest BCUT2D eigenvalue weighted by atomic mass is 9.94. The van der Waals surface area contributed by atoms with Gasteiger partial charge < -0.3 is 14.4 Å². The fourth-order valence-corrected chi connectivity index (χ4v) is 3.67. The Balaban J connectivity index is 1.71. The van der Waals surface area contributed by atoms with E-state index in [4.69, 9.17) is 0 Å². The number of hydrogen-bond acceptors (Lipinski definition) is 5. The number of aromatic nitrogens is 4.